The van der Waals surface area contributed by atoms with Crippen LogP contribution in [0.1, 0.15) is 0 Å². The summed E-state index contributed by atoms with van der Waals surface area (Å²) in [6, 6.07) is 54.5. The zero-order valence-electron chi connectivity index (χ0n) is 25.7. The summed E-state index contributed by atoms with van der Waals surface area (Å²) in [7, 11) is 0. The third kappa shape index (κ3) is 4.15. The molecule has 0 radical (unpaired) electrons. The maximum Gasteiger partial charge on any atom is 0.164 e. The van der Waals surface area contributed by atoms with Gasteiger partial charge in [-0.25, -0.2) is 15.0 Å². The molecule has 0 atom stereocenters. The second kappa shape index (κ2) is 10.5. The first-order valence-electron chi connectivity index (χ1n) is 16.0. The minimum atomic E-state index is 0.601. The number of aromatic nitrogens is 4. The van der Waals surface area contributed by atoms with E-state index in [1.54, 1.807) is 0 Å². The number of nitrogens with zero attached hydrogens (tertiary/aromatic N) is 4. The van der Waals surface area contributed by atoms with Gasteiger partial charge in [-0.2, -0.15) is 0 Å². The Labute approximate surface area is 275 Å². The molecule has 3 aromatic heterocycles. The Kier molecular flexibility index (Phi) is 5.81. The molecule has 0 aliphatic heterocycles. The van der Waals surface area contributed by atoms with Crippen LogP contribution in [0.25, 0.3) is 94.4 Å². The van der Waals surface area contributed by atoms with Gasteiger partial charge in [-0.05, 0) is 53.2 Å². The molecule has 0 aliphatic rings. The van der Waals surface area contributed by atoms with Gasteiger partial charge in [0.2, 0.25) is 0 Å². The van der Waals surface area contributed by atoms with Crippen LogP contribution >= 0.6 is 0 Å². The molecule has 48 heavy (non-hydrogen) atoms. The molecule has 0 saturated heterocycles. The standard InChI is InChI=1S/C43H26N4O/c1-3-12-27(13-4-1)41-44-42(30-22-23-33-32-18-9-10-20-36(32)47(37(33)25-30)31-16-5-2-6-17-31)46-43(45-41)34-19-11-21-38-40(34)35-24-28-14-7-8-15-29(28)26-39(35)48-38/h1-26H. The summed E-state index contributed by atoms with van der Waals surface area (Å²) >= 11 is 0. The summed E-state index contributed by atoms with van der Waals surface area (Å²) in [5.74, 6) is 1.83. The predicted molar refractivity (Wildman–Crippen MR) is 195 cm³/mol. The molecule has 10 rings (SSSR count). The minimum Gasteiger partial charge on any atom is -0.456 e. The van der Waals surface area contributed by atoms with E-state index in [4.69, 9.17) is 19.4 Å². The number of fused-ring (bicyclic) bond motifs is 7. The molecule has 0 unspecified atom stereocenters. The number of hydrogen-bond acceptors (Lipinski definition) is 4. The van der Waals surface area contributed by atoms with Crippen LogP contribution in [0, 0.1) is 0 Å². The van der Waals surface area contributed by atoms with Crippen molar-refractivity contribution in [3.05, 3.63) is 158 Å². The first-order valence-corrected chi connectivity index (χ1v) is 16.0. The first-order chi connectivity index (χ1) is 23.8. The maximum atomic E-state index is 6.41. The van der Waals surface area contributed by atoms with Crippen LogP contribution in [0.2, 0.25) is 0 Å². The monoisotopic (exact) mass is 614 g/mol. The van der Waals surface area contributed by atoms with E-state index in [1.807, 2.05) is 48.5 Å². The quantitative estimate of drug-likeness (QED) is 0.198. The van der Waals surface area contributed by atoms with Gasteiger partial charge in [0.25, 0.3) is 0 Å². The van der Waals surface area contributed by atoms with Crippen molar-refractivity contribution >= 4 is 54.5 Å². The summed E-state index contributed by atoms with van der Waals surface area (Å²) in [6.45, 7) is 0. The van der Waals surface area contributed by atoms with Crippen molar-refractivity contribution in [1.29, 1.82) is 0 Å². The van der Waals surface area contributed by atoms with Gasteiger partial charge in [-0.3, -0.25) is 0 Å². The summed E-state index contributed by atoms with van der Waals surface area (Å²) in [6.07, 6.45) is 0. The lowest BCUT2D eigenvalue weighted by Crippen LogP contribution is -2.00. The lowest BCUT2D eigenvalue weighted by Gasteiger charge is -2.11. The van der Waals surface area contributed by atoms with Crippen LogP contribution in [-0.4, -0.2) is 19.5 Å². The average molecular weight is 615 g/mol. The van der Waals surface area contributed by atoms with Crippen LogP contribution in [0.15, 0.2) is 162 Å². The van der Waals surface area contributed by atoms with E-state index in [0.717, 1.165) is 66.1 Å². The van der Waals surface area contributed by atoms with Crippen LogP contribution in [-0.2, 0) is 0 Å². The van der Waals surface area contributed by atoms with Gasteiger partial charge in [0.1, 0.15) is 11.2 Å². The molecule has 0 amide bonds. The van der Waals surface area contributed by atoms with E-state index >= 15 is 0 Å². The fourth-order valence-electron chi connectivity index (χ4n) is 7.00. The summed E-state index contributed by atoms with van der Waals surface area (Å²) in [4.78, 5) is 15.4. The largest absolute Gasteiger partial charge is 0.456 e. The lowest BCUT2D eigenvalue weighted by atomic mass is 10.0. The lowest BCUT2D eigenvalue weighted by molar-refractivity contribution is 0.669. The van der Waals surface area contributed by atoms with Gasteiger partial charge in [0, 0.05) is 43.9 Å². The number of hydrogen-bond donors (Lipinski definition) is 0. The molecule has 5 heteroatoms. The Morgan fingerprint density at radius 3 is 1.92 bits per heavy atom. The van der Waals surface area contributed by atoms with E-state index in [1.165, 1.54) is 10.8 Å². The van der Waals surface area contributed by atoms with E-state index in [2.05, 4.69) is 114 Å². The van der Waals surface area contributed by atoms with Crippen molar-refractivity contribution in [2.75, 3.05) is 0 Å². The van der Waals surface area contributed by atoms with Crippen molar-refractivity contribution in [2.45, 2.75) is 0 Å². The van der Waals surface area contributed by atoms with E-state index in [-0.39, 0.29) is 0 Å². The third-order valence-electron chi connectivity index (χ3n) is 9.22. The third-order valence-corrected chi connectivity index (χ3v) is 9.22. The van der Waals surface area contributed by atoms with E-state index in [0.29, 0.717) is 17.5 Å². The predicted octanol–water partition coefficient (Wildman–Crippen LogP) is 11.0. The van der Waals surface area contributed by atoms with Crippen molar-refractivity contribution in [1.82, 2.24) is 19.5 Å². The van der Waals surface area contributed by atoms with Gasteiger partial charge in [-0.15, -0.1) is 0 Å². The fourth-order valence-corrected chi connectivity index (χ4v) is 7.00. The van der Waals surface area contributed by atoms with Crippen LogP contribution < -0.4 is 0 Å². The number of para-hydroxylation sites is 2. The van der Waals surface area contributed by atoms with Gasteiger partial charge in [0.15, 0.2) is 17.5 Å². The smallest absolute Gasteiger partial charge is 0.164 e. The van der Waals surface area contributed by atoms with E-state index < -0.39 is 0 Å². The Morgan fingerprint density at radius 1 is 0.417 bits per heavy atom. The van der Waals surface area contributed by atoms with Crippen molar-refractivity contribution in [3.63, 3.8) is 0 Å². The van der Waals surface area contributed by atoms with Crippen LogP contribution in [0.4, 0.5) is 0 Å². The van der Waals surface area contributed by atoms with Crippen molar-refractivity contribution in [3.8, 4) is 39.9 Å². The molecule has 3 heterocycles. The summed E-state index contributed by atoms with van der Waals surface area (Å²) in [5.41, 5.74) is 7.74. The van der Waals surface area contributed by atoms with Crippen LogP contribution in [0.5, 0.6) is 0 Å². The maximum absolute atomic E-state index is 6.41. The molecule has 224 valence electrons. The summed E-state index contributed by atoms with van der Waals surface area (Å²) in [5, 5.41) is 6.71. The Bertz CT molecular complexity index is 2830. The zero-order chi connectivity index (χ0) is 31.6. The average Bonchev–Trinajstić information content (AvgIpc) is 3.69. The molecular weight excluding hydrogens is 589 g/mol. The Balaban J connectivity index is 1.24. The molecule has 0 aliphatic carbocycles. The SMILES string of the molecule is c1ccc(-c2nc(-c3ccc4c5ccccc5n(-c5ccccc5)c4c3)nc(-c3cccc4oc5cc6ccccc6cc5c34)n2)cc1. The topological polar surface area (TPSA) is 56.7 Å². The molecular formula is C43H26N4O. The van der Waals surface area contributed by atoms with Gasteiger partial charge in [0.05, 0.1) is 11.0 Å². The highest BCUT2D eigenvalue weighted by Gasteiger charge is 2.19. The van der Waals surface area contributed by atoms with Gasteiger partial charge < -0.3 is 8.98 Å². The second-order valence-electron chi connectivity index (χ2n) is 12.1. The first kappa shape index (κ1) is 26.6. The number of benzene rings is 7. The normalized spacial score (nSPS) is 11.8. The second-order valence-corrected chi connectivity index (χ2v) is 12.1. The number of rotatable bonds is 4. The highest BCUT2D eigenvalue weighted by atomic mass is 16.3. The molecule has 10 aromatic rings. The minimum absolute atomic E-state index is 0.601. The molecule has 0 fully saturated rings. The molecule has 0 saturated carbocycles. The molecule has 0 bridgehead atoms. The van der Waals surface area contributed by atoms with Crippen LogP contribution in [0.3, 0.4) is 0 Å². The van der Waals surface area contributed by atoms with Crippen molar-refractivity contribution < 1.29 is 4.42 Å². The number of furan rings is 1. The molecule has 7 aromatic carbocycles. The van der Waals surface area contributed by atoms with E-state index in [9.17, 15) is 0 Å². The highest BCUT2D eigenvalue weighted by molar-refractivity contribution is 6.15. The van der Waals surface area contributed by atoms with Gasteiger partial charge in [-0.1, -0.05) is 115 Å². The molecule has 0 N–H and O–H groups in total. The Morgan fingerprint density at radius 2 is 1.08 bits per heavy atom. The zero-order valence-corrected chi connectivity index (χ0v) is 25.7. The molecule has 5 nitrogen and oxygen atoms in total. The Hall–Kier alpha value is -6.59. The highest BCUT2D eigenvalue weighted by Crippen LogP contribution is 2.39. The summed E-state index contributed by atoms with van der Waals surface area (Å²) < 4.78 is 8.73. The fraction of sp³-hybridized carbons (Fsp3) is 0. The van der Waals surface area contributed by atoms with Gasteiger partial charge >= 0.3 is 0 Å². The van der Waals surface area contributed by atoms with Crippen molar-refractivity contribution in [2.24, 2.45) is 0 Å². The molecule has 0 spiro atoms.